The van der Waals surface area contributed by atoms with Gasteiger partial charge in [-0.25, -0.2) is 9.18 Å². The number of urea groups is 1. The zero-order valence-electron chi connectivity index (χ0n) is 13.0. The molecule has 1 aromatic rings. The van der Waals surface area contributed by atoms with Crippen molar-refractivity contribution in [2.75, 3.05) is 12.9 Å². The fourth-order valence-electron chi connectivity index (χ4n) is 2.53. The Kier molecular flexibility index (Phi) is 5.69. The molecule has 0 spiro atoms. The molecule has 1 aromatic carbocycles. The number of nitrogens with one attached hydrogen (secondary N) is 2. The van der Waals surface area contributed by atoms with Gasteiger partial charge in [0, 0.05) is 12.3 Å². The van der Waals surface area contributed by atoms with Crippen molar-refractivity contribution in [1.29, 1.82) is 0 Å². The smallest absolute Gasteiger partial charge is 0.315 e. The fourth-order valence-corrected chi connectivity index (χ4v) is 3.11. The lowest BCUT2D eigenvalue weighted by atomic mass is 9.97. The number of aliphatic hydroxyl groups excluding tert-OH is 1. The molecule has 3 N–H and O–H groups in total. The first kappa shape index (κ1) is 17.1. The molecular formula is C16H23FN2O2S. The molecule has 0 saturated heterocycles. The summed E-state index contributed by atoms with van der Waals surface area (Å²) in [5.41, 5.74) is 1.23. The highest BCUT2D eigenvalue weighted by atomic mass is 32.2. The molecule has 0 unspecified atom stereocenters. The molecule has 0 aromatic heterocycles. The summed E-state index contributed by atoms with van der Waals surface area (Å²) >= 11 is 1.61. The minimum Gasteiger partial charge on any atom is -0.394 e. The van der Waals surface area contributed by atoms with E-state index in [0.717, 1.165) is 24.0 Å². The van der Waals surface area contributed by atoms with Gasteiger partial charge in [-0.15, -0.1) is 0 Å². The largest absolute Gasteiger partial charge is 0.394 e. The monoisotopic (exact) mass is 326 g/mol. The predicted octanol–water partition coefficient (Wildman–Crippen LogP) is 2.65. The summed E-state index contributed by atoms with van der Waals surface area (Å²) in [6, 6.07) is 4.31. The molecule has 6 heteroatoms. The Bertz CT molecular complexity index is 537. The van der Waals surface area contributed by atoms with E-state index in [1.54, 1.807) is 17.8 Å². The average Bonchev–Trinajstić information content (AvgIpc) is 3.31. The van der Waals surface area contributed by atoms with Crippen molar-refractivity contribution in [3.8, 4) is 0 Å². The van der Waals surface area contributed by atoms with Gasteiger partial charge in [0.1, 0.15) is 5.82 Å². The third-order valence-corrected chi connectivity index (χ3v) is 4.71. The second kappa shape index (κ2) is 7.33. The van der Waals surface area contributed by atoms with Crippen molar-refractivity contribution >= 4 is 17.8 Å². The number of benzene rings is 1. The third-order valence-electron chi connectivity index (χ3n) is 4.11. The molecular weight excluding hydrogens is 303 g/mol. The molecule has 0 aliphatic heterocycles. The molecule has 1 aliphatic carbocycles. The zero-order chi connectivity index (χ0) is 16.2. The van der Waals surface area contributed by atoms with Gasteiger partial charge < -0.3 is 15.7 Å². The van der Waals surface area contributed by atoms with Crippen LogP contribution >= 0.6 is 11.8 Å². The lowest BCUT2D eigenvalue weighted by Gasteiger charge is -2.28. The number of carbonyl (C=O) groups excluding carboxylic acids is 1. The maximum Gasteiger partial charge on any atom is 0.315 e. The zero-order valence-corrected chi connectivity index (χ0v) is 13.8. The van der Waals surface area contributed by atoms with Gasteiger partial charge in [-0.1, -0.05) is 6.07 Å². The van der Waals surface area contributed by atoms with Gasteiger partial charge >= 0.3 is 6.03 Å². The average molecular weight is 326 g/mol. The highest BCUT2D eigenvalue weighted by Gasteiger charge is 2.42. The van der Waals surface area contributed by atoms with Gasteiger partial charge in [-0.2, -0.15) is 11.8 Å². The van der Waals surface area contributed by atoms with Crippen molar-refractivity contribution in [3.63, 3.8) is 0 Å². The van der Waals surface area contributed by atoms with Crippen LogP contribution in [0.1, 0.15) is 30.9 Å². The van der Waals surface area contributed by atoms with Gasteiger partial charge in [0.05, 0.1) is 12.1 Å². The predicted molar refractivity (Wildman–Crippen MR) is 87.2 cm³/mol. The van der Waals surface area contributed by atoms with E-state index in [2.05, 4.69) is 10.6 Å². The van der Waals surface area contributed by atoms with Crippen LogP contribution in [0.5, 0.6) is 0 Å². The van der Waals surface area contributed by atoms with Crippen LogP contribution < -0.4 is 10.6 Å². The van der Waals surface area contributed by atoms with Crippen LogP contribution in [0.15, 0.2) is 18.2 Å². The number of halogens is 1. The van der Waals surface area contributed by atoms with Crippen molar-refractivity contribution in [2.24, 2.45) is 5.92 Å². The summed E-state index contributed by atoms with van der Waals surface area (Å²) in [5, 5.41) is 15.1. The van der Waals surface area contributed by atoms with Gasteiger partial charge in [0.2, 0.25) is 0 Å². The van der Waals surface area contributed by atoms with E-state index in [9.17, 15) is 14.3 Å². The Morgan fingerprint density at radius 3 is 2.77 bits per heavy atom. The number of hydrogen-bond donors (Lipinski definition) is 3. The Hall–Kier alpha value is -1.27. The van der Waals surface area contributed by atoms with Gasteiger partial charge in [0.25, 0.3) is 0 Å². The second-order valence-corrected chi connectivity index (χ2v) is 6.87. The summed E-state index contributed by atoms with van der Waals surface area (Å²) in [6.45, 7) is 2.13. The molecule has 1 atom stereocenters. The van der Waals surface area contributed by atoms with E-state index in [0.29, 0.717) is 18.2 Å². The van der Waals surface area contributed by atoms with E-state index >= 15 is 0 Å². The van der Waals surface area contributed by atoms with E-state index < -0.39 is 5.54 Å². The fraction of sp³-hybridized carbons (Fsp3) is 0.562. The lowest BCUT2D eigenvalue weighted by Crippen LogP contribution is -2.53. The standard InChI is InChI=1S/C16H23FN2O2S/c1-16(10-20,13-4-5-13)19-15(21)18-8-11-3-6-14(17)7-12(11)9-22-2/h3,6-7,13,20H,4-5,8-10H2,1-2H3,(H2,18,19,21)/t16-/m1/s1. The molecule has 122 valence electrons. The summed E-state index contributed by atoms with van der Waals surface area (Å²) in [5.74, 6) is 0.785. The first-order valence-corrected chi connectivity index (χ1v) is 8.81. The first-order valence-electron chi connectivity index (χ1n) is 7.41. The number of thioether (sulfide) groups is 1. The van der Waals surface area contributed by atoms with Crippen LogP contribution in [0.25, 0.3) is 0 Å². The Labute approximate surface area is 134 Å². The summed E-state index contributed by atoms with van der Waals surface area (Å²) < 4.78 is 13.3. The topological polar surface area (TPSA) is 61.4 Å². The van der Waals surface area contributed by atoms with Crippen LogP contribution in [-0.2, 0) is 12.3 Å². The number of amides is 2. The van der Waals surface area contributed by atoms with E-state index in [-0.39, 0.29) is 18.5 Å². The highest BCUT2D eigenvalue weighted by Crippen LogP contribution is 2.39. The van der Waals surface area contributed by atoms with Crippen molar-refractivity contribution in [2.45, 2.75) is 37.6 Å². The molecule has 1 fully saturated rings. The number of aliphatic hydroxyl groups is 1. The number of rotatable bonds is 7. The molecule has 4 nitrogen and oxygen atoms in total. The van der Waals surface area contributed by atoms with Gasteiger partial charge in [0.15, 0.2) is 0 Å². The molecule has 0 bridgehead atoms. The van der Waals surface area contributed by atoms with E-state index in [1.807, 2.05) is 13.2 Å². The summed E-state index contributed by atoms with van der Waals surface area (Å²) in [6.07, 6.45) is 4.03. The number of hydrogen-bond acceptors (Lipinski definition) is 3. The van der Waals surface area contributed by atoms with Crippen LogP contribution in [0.4, 0.5) is 9.18 Å². The van der Waals surface area contributed by atoms with Gasteiger partial charge in [-0.05, 0) is 55.2 Å². The van der Waals surface area contributed by atoms with E-state index in [4.69, 9.17) is 0 Å². The van der Waals surface area contributed by atoms with Crippen molar-refractivity contribution < 1.29 is 14.3 Å². The minimum atomic E-state index is -0.561. The summed E-state index contributed by atoms with van der Waals surface area (Å²) in [7, 11) is 0. The molecule has 2 amide bonds. The van der Waals surface area contributed by atoms with Gasteiger partial charge in [-0.3, -0.25) is 0 Å². The molecule has 1 saturated carbocycles. The van der Waals surface area contributed by atoms with Crippen molar-refractivity contribution in [3.05, 3.63) is 35.1 Å². The maximum atomic E-state index is 13.3. The van der Waals surface area contributed by atoms with Crippen molar-refractivity contribution in [1.82, 2.24) is 10.6 Å². The SMILES string of the molecule is CSCc1cc(F)ccc1CNC(=O)N[C@](C)(CO)C1CC1. The molecule has 0 radical (unpaired) electrons. The Balaban J connectivity index is 1.93. The molecule has 1 aliphatic rings. The quantitative estimate of drug-likeness (QED) is 0.722. The van der Waals surface area contributed by atoms with Crippen LogP contribution in [-0.4, -0.2) is 29.5 Å². The first-order chi connectivity index (χ1) is 10.5. The number of carbonyl (C=O) groups is 1. The normalized spacial score (nSPS) is 16.9. The molecule has 2 rings (SSSR count). The Morgan fingerprint density at radius 2 is 2.18 bits per heavy atom. The second-order valence-electron chi connectivity index (χ2n) is 6.00. The maximum absolute atomic E-state index is 13.3. The van der Waals surface area contributed by atoms with Crippen LogP contribution in [0, 0.1) is 11.7 Å². The molecule has 22 heavy (non-hydrogen) atoms. The van der Waals surface area contributed by atoms with Crippen LogP contribution in [0.3, 0.4) is 0 Å². The van der Waals surface area contributed by atoms with E-state index in [1.165, 1.54) is 12.1 Å². The lowest BCUT2D eigenvalue weighted by molar-refractivity contribution is 0.155. The third kappa shape index (κ3) is 4.36. The Morgan fingerprint density at radius 1 is 1.45 bits per heavy atom. The minimum absolute atomic E-state index is 0.0701. The summed E-state index contributed by atoms with van der Waals surface area (Å²) in [4.78, 5) is 12.0. The highest BCUT2D eigenvalue weighted by molar-refractivity contribution is 7.97. The van der Waals surface area contributed by atoms with Crippen LogP contribution in [0.2, 0.25) is 0 Å². The molecule has 0 heterocycles.